The van der Waals surface area contributed by atoms with E-state index < -0.39 is 12.1 Å². The van der Waals surface area contributed by atoms with Gasteiger partial charge in [-0.1, -0.05) is 0 Å². The molecule has 0 bridgehead atoms. The van der Waals surface area contributed by atoms with E-state index in [2.05, 4.69) is 0 Å². The highest BCUT2D eigenvalue weighted by atomic mass is 32.2. The van der Waals surface area contributed by atoms with Crippen molar-refractivity contribution in [2.45, 2.75) is 24.8 Å². The first-order valence-electron chi connectivity index (χ1n) is 5.07. The number of hydrogen-bond donors (Lipinski definition) is 0. The number of nitrogens with zero attached hydrogens (tertiary/aromatic N) is 2. The summed E-state index contributed by atoms with van der Waals surface area (Å²) in [5, 5.41) is 8.52. The molecule has 0 aromatic carbocycles. The minimum absolute atomic E-state index is 0.0240. The Bertz CT molecular complexity index is 283. The molecule has 2 nitrogen and oxygen atoms in total. The molecule has 0 radical (unpaired) electrons. The van der Waals surface area contributed by atoms with Crippen molar-refractivity contribution in [1.82, 2.24) is 4.90 Å². The van der Waals surface area contributed by atoms with Crippen LogP contribution in [0.1, 0.15) is 13.8 Å². The van der Waals surface area contributed by atoms with Crippen LogP contribution in [-0.4, -0.2) is 41.2 Å². The third-order valence-electron chi connectivity index (χ3n) is 2.50. The summed E-state index contributed by atoms with van der Waals surface area (Å²) in [6.07, 6.45) is -4.41. The fraction of sp³-hybridized carbons (Fsp3) is 0.900. The molecule has 1 aliphatic rings. The monoisotopic (exact) mass is 252 g/mol. The second kappa shape index (κ2) is 4.84. The van der Waals surface area contributed by atoms with Crippen LogP contribution in [0.4, 0.5) is 13.2 Å². The lowest BCUT2D eigenvalue weighted by molar-refractivity contribution is -0.163. The highest BCUT2D eigenvalue weighted by molar-refractivity contribution is 8.00. The molecule has 1 atom stereocenters. The summed E-state index contributed by atoms with van der Waals surface area (Å²) in [5.74, 6) is -1.05. The molecule has 0 aromatic rings. The highest BCUT2D eigenvalue weighted by Gasteiger charge is 2.42. The van der Waals surface area contributed by atoms with Crippen molar-refractivity contribution in [3.63, 3.8) is 0 Å². The van der Waals surface area contributed by atoms with Crippen LogP contribution in [-0.2, 0) is 0 Å². The van der Waals surface area contributed by atoms with Crippen molar-refractivity contribution in [1.29, 1.82) is 5.26 Å². The van der Waals surface area contributed by atoms with E-state index in [4.69, 9.17) is 5.26 Å². The van der Waals surface area contributed by atoms with Gasteiger partial charge in [-0.2, -0.15) is 30.2 Å². The summed E-state index contributed by atoms with van der Waals surface area (Å²) >= 11 is 1.76. The first kappa shape index (κ1) is 13.7. The van der Waals surface area contributed by atoms with E-state index in [0.29, 0.717) is 13.1 Å². The Morgan fingerprint density at radius 1 is 1.50 bits per heavy atom. The van der Waals surface area contributed by atoms with Crippen molar-refractivity contribution >= 4 is 11.8 Å². The van der Waals surface area contributed by atoms with E-state index in [-0.39, 0.29) is 11.3 Å². The number of hydrogen-bond acceptors (Lipinski definition) is 3. The molecule has 0 amide bonds. The third kappa shape index (κ3) is 3.87. The van der Waals surface area contributed by atoms with E-state index >= 15 is 0 Å². The fourth-order valence-corrected chi connectivity index (χ4v) is 2.92. The summed E-state index contributed by atoms with van der Waals surface area (Å²) < 4.78 is 37.2. The molecule has 1 fully saturated rings. The van der Waals surface area contributed by atoms with E-state index in [9.17, 15) is 13.2 Å². The topological polar surface area (TPSA) is 27.0 Å². The summed E-state index contributed by atoms with van der Waals surface area (Å²) in [6.45, 7) is 5.05. The highest BCUT2D eigenvalue weighted by Crippen LogP contribution is 2.32. The van der Waals surface area contributed by atoms with Gasteiger partial charge in [0.15, 0.2) is 5.92 Å². The van der Waals surface area contributed by atoms with Crippen LogP contribution in [0.2, 0.25) is 0 Å². The maximum absolute atomic E-state index is 12.4. The molecule has 0 aliphatic carbocycles. The van der Waals surface area contributed by atoms with Crippen LogP contribution in [0.15, 0.2) is 0 Å². The molecule has 1 heterocycles. The Hall–Kier alpha value is -0.410. The molecule has 0 saturated carbocycles. The zero-order chi connectivity index (χ0) is 12.4. The molecule has 1 aliphatic heterocycles. The Kier molecular flexibility index (Phi) is 4.13. The Labute approximate surface area is 97.8 Å². The Morgan fingerprint density at radius 3 is 2.56 bits per heavy atom. The van der Waals surface area contributed by atoms with Crippen molar-refractivity contribution in [2.24, 2.45) is 5.92 Å². The average Bonchev–Trinajstić information content (AvgIpc) is 2.10. The Balaban J connectivity index is 2.57. The zero-order valence-corrected chi connectivity index (χ0v) is 10.2. The largest absolute Gasteiger partial charge is 0.405 e. The second-order valence-corrected chi connectivity index (χ2v) is 6.37. The molecular weight excluding hydrogens is 237 g/mol. The maximum Gasteiger partial charge on any atom is 0.405 e. The number of alkyl halides is 3. The second-order valence-electron chi connectivity index (χ2n) is 4.57. The van der Waals surface area contributed by atoms with Crippen molar-refractivity contribution in [2.75, 3.05) is 25.4 Å². The zero-order valence-electron chi connectivity index (χ0n) is 9.34. The van der Waals surface area contributed by atoms with Crippen LogP contribution in [0.5, 0.6) is 0 Å². The van der Waals surface area contributed by atoms with E-state index in [1.165, 1.54) is 6.07 Å². The summed E-state index contributed by atoms with van der Waals surface area (Å²) in [5.41, 5.74) is 0. The Morgan fingerprint density at radius 2 is 2.12 bits per heavy atom. The number of halogens is 3. The van der Waals surface area contributed by atoms with Crippen LogP contribution in [0.25, 0.3) is 0 Å². The first-order valence-corrected chi connectivity index (χ1v) is 6.06. The van der Waals surface area contributed by atoms with E-state index in [0.717, 1.165) is 5.75 Å². The van der Waals surface area contributed by atoms with Crippen LogP contribution in [0.3, 0.4) is 0 Å². The predicted molar refractivity (Wildman–Crippen MR) is 58.1 cm³/mol. The minimum Gasteiger partial charge on any atom is -0.300 e. The van der Waals surface area contributed by atoms with Gasteiger partial charge in [-0.25, -0.2) is 0 Å². The maximum atomic E-state index is 12.4. The molecular formula is C10H15F3N2S. The number of nitriles is 1. The summed E-state index contributed by atoms with van der Waals surface area (Å²) in [4.78, 5) is 1.73. The van der Waals surface area contributed by atoms with Gasteiger partial charge in [0.05, 0.1) is 6.07 Å². The van der Waals surface area contributed by atoms with Crippen molar-refractivity contribution in [3.05, 3.63) is 0 Å². The molecule has 1 rings (SSSR count). The molecule has 92 valence electrons. The molecule has 1 saturated heterocycles. The normalized spacial score (nSPS) is 23.8. The van der Waals surface area contributed by atoms with Gasteiger partial charge >= 0.3 is 6.18 Å². The van der Waals surface area contributed by atoms with Crippen LogP contribution in [0, 0.1) is 17.2 Å². The predicted octanol–water partition coefficient (Wildman–Crippen LogP) is 2.52. The standard InChI is InChI=1S/C10H15F3N2S/c1-9(2)7-15(3-4-16-9)6-8(5-14)10(11,12)13/h8H,3-4,6-7H2,1-2H3. The minimum atomic E-state index is -4.41. The smallest absolute Gasteiger partial charge is 0.300 e. The summed E-state index contributed by atoms with van der Waals surface area (Å²) in [7, 11) is 0. The molecule has 0 aromatic heterocycles. The first-order chi connectivity index (χ1) is 7.24. The van der Waals surface area contributed by atoms with Crippen LogP contribution < -0.4 is 0 Å². The number of rotatable bonds is 2. The van der Waals surface area contributed by atoms with E-state index in [1.807, 2.05) is 13.8 Å². The number of thioether (sulfide) groups is 1. The van der Waals surface area contributed by atoms with Gasteiger partial charge in [0, 0.05) is 30.1 Å². The molecule has 1 unspecified atom stereocenters. The molecule has 16 heavy (non-hydrogen) atoms. The fourth-order valence-electron chi connectivity index (χ4n) is 1.75. The van der Waals surface area contributed by atoms with E-state index in [1.54, 1.807) is 16.7 Å². The van der Waals surface area contributed by atoms with Gasteiger partial charge in [0.2, 0.25) is 0 Å². The lowest BCUT2D eigenvalue weighted by Gasteiger charge is -2.38. The SMILES string of the molecule is CC1(C)CN(CC(C#N)C(F)(F)F)CCS1. The molecule has 6 heteroatoms. The lowest BCUT2D eigenvalue weighted by atomic mass is 10.1. The molecule has 0 N–H and O–H groups in total. The van der Waals surface area contributed by atoms with Gasteiger partial charge in [0.1, 0.15) is 0 Å². The third-order valence-corrected chi connectivity index (χ3v) is 3.79. The summed E-state index contributed by atoms with van der Waals surface area (Å²) in [6, 6.07) is 1.34. The van der Waals surface area contributed by atoms with Gasteiger partial charge in [-0.3, -0.25) is 4.90 Å². The molecule has 0 spiro atoms. The quantitative estimate of drug-likeness (QED) is 0.755. The average molecular weight is 252 g/mol. The van der Waals surface area contributed by atoms with Gasteiger partial charge in [0.25, 0.3) is 0 Å². The lowest BCUT2D eigenvalue weighted by Crippen LogP contribution is -2.46. The van der Waals surface area contributed by atoms with Crippen LogP contribution >= 0.6 is 11.8 Å². The van der Waals surface area contributed by atoms with Gasteiger partial charge < -0.3 is 0 Å². The van der Waals surface area contributed by atoms with Gasteiger partial charge in [-0.05, 0) is 13.8 Å². The van der Waals surface area contributed by atoms with Crippen molar-refractivity contribution in [3.8, 4) is 6.07 Å². The van der Waals surface area contributed by atoms with Gasteiger partial charge in [-0.15, -0.1) is 0 Å². The van der Waals surface area contributed by atoms with Crippen molar-refractivity contribution < 1.29 is 13.2 Å².